The summed E-state index contributed by atoms with van der Waals surface area (Å²) in [4.78, 5) is 46.7. The molecule has 4 heterocycles. The number of aromatic nitrogens is 4. The molecule has 13 N–H and O–H groups in total. The molecule has 0 atom stereocenters. The fraction of sp³-hybridized carbons (Fsp3) is 0. The summed E-state index contributed by atoms with van der Waals surface area (Å²) in [6.07, 6.45) is 4.71. The van der Waals surface area contributed by atoms with E-state index in [-0.39, 0.29) is 66.8 Å². The molecular formula is C88H70BBrN8O11Pt. The van der Waals surface area contributed by atoms with Crippen LogP contribution in [0.4, 0.5) is 22.7 Å². The number of phenols is 7. The van der Waals surface area contributed by atoms with E-state index in [4.69, 9.17) is 26.6 Å². The zero-order valence-electron chi connectivity index (χ0n) is 58.4. The summed E-state index contributed by atoms with van der Waals surface area (Å²) in [6, 6.07) is 95.7. The van der Waals surface area contributed by atoms with Gasteiger partial charge in [-0.2, -0.15) is 0 Å². The number of rotatable bonds is 10. The summed E-state index contributed by atoms with van der Waals surface area (Å²) >= 11 is 3.13. The first-order chi connectivity index (χ1) is 53.0. The second-order valence-electron chi connectivity index (χ2n) is 23.6. The number of aliphatic imine (C=N–C) groups is 2. The van der Waals surface area contributed by atoms with Gasteiger partial charge in [0.2, 0.25) is 0 Å². The van der Waals surface area contributed by atoms with Crippen LogP contribution in [0.3, 0.4) is 0 Å². The molecule has 0 spiro atoms. The number of fused-ring (bicyclic) bond motifs is 4. The molecule has 0 amide bonds. The Morgan fingerprint density at radius 2 is 0.627 bits per heavy atom. The first kappa shape index (κ1) is 80.4. The number of nitrogen functional groups attached to an aromatic ring is 2. The largest absolute Gasteiger partial charge is 0.508 e. The number of phenolic OH excluding ortho intramolecular Hbond substituents is 7. The maximum absolute atomic E-state index is 10.5. The number of pyridine rings is 4. The second-order valence-corrected chi connectivity index (χ2v) is 24.4. The molecule has 0 bridgehead atoms. The molecule has 12 aromatic carbocycles. The third-order valence-corrected chi connectivity index (χ3v) is 16.6. The molecule has 19 nitrogen and oxygen atoms in total. The summed E-state index contributed by atoms with van der Waals surface area (Å²) in [6.45, 7) is 0. The van der Waals surface area contributed by atoms with E-state index in [1.54, 1.807) is 134 Å². The van der Waals surface area contributed by atoms with E-state index in [0.29, 0.717) is 102 Å². The van der Waals surface area contributed by atoms with E-state index < -0.39 is 7.12 Å². The van der Waals surface area contributed by atoms with Gasteiger partial charge in [-0.25, -0.2) is 19.9 Å². The van der Waals surface area contributed by atoms with E-state index in [1.165, 1.54) is 17.5 Å². The minimum Gasteiger partial charge on any atom is -0.508 e. The van der Waals surface area contributed by atoms with Crippen molar-refractivity contribution in [3.63, 3.8) is 0 Å². The zero-order valence-corrected chi connectivity index (χ0v) is 62.2. The topological polar surface area (TPSA) is 345 Å². The second kappa shape index (κ2) is 40.2. The Bertz CT molecular complexity index is 5650. The summed E-state index contributed by atoms with van der Waals surface area (Å²) in [5.74, 6) is 1.08. The van der Waals surface area contributed by atoms with Crippen LogP contribution in [-0.2, 0) is 21.1 Å². The normalized spacial score (nSPS) is 10.4. The van der Waals surface area contributed by atoms with Crippen molar-refractivity contribution in [2.45, 2.75) is 0 Å². The molecule has 0 radical (unpaired) electrons. The number of nitrogens with zero attached hydrogens (tertiary/aromatic N) is 6. The number of hydrogen-bond donors (Lipinski definition) is 11. The predicted octanol–water partition coefficient (Wildman–Crippen LogP) is 17.7. The summed E-state index contributed by atoms with van der Waals surface area (Å²) in [5.41, 5.74) is 20.4. The van der Waals surface area contributed by atoms with Gasteiger partial charge in [0.15, 0.2) is 12.6 Å². The van der Waals surface area contributed by atoms with Gasteiger partial charge in [0, 0.05) is 76.1 Å². The van der Waals surface area contributed by atoms with Crippen LogP contribution in [-0.4, -0.2) is 97.8 Å². The van der Waals surface area contributed by atoms with Crippen LogP contribution in [0.15, 0.2) is 336 Å². The molecule has 22 heteroatoms. The number of carbonyl (C=O) groups is 2. The van der Waals surface area contributed by atoms with Gasteiger partial charge >= 0.3 is 7.12 Å². The SMILES string of the molecule is Nc1cccc2cccc(O)c12.Nc1cccc2ccccc12.O=Cc1cccc(-c2ccccc2O)n1.O=Cc1cccc(Br)n1.OB(O)c1ccccc1O.Oc1ccccc1-c1cccc(C=Nc2cccc3cccc(O)c23)n1.Oc1ccccc1-c1cccc(C=Nc2cccc3cccc(O)c23)n1.[Pt]. The molecule has 548 valence electrons. The van der Waals surface area contributed by atoms with Gasteiger partial charge in [0.25, 0.3) is 0 Å². The van der Waals surface area contributed by atoms with Crippen molar-refractivity contribution in [2.24, 2.45) is 9.98 Å². The van der Waals surface area contributed by atoms with Crippen LogP contribution in [0.25, 0.3) is 76.9 Å². The monoisotopic (exact) mass is 1700 g/mol. The molecule has 0 aliphatic rings. The van der Waals surface area contributed by atoms with Crippen LogP contribution in [0.2, 0.25) is 0 Å². The molecule has 110 heavy (non-hydrogen) atoms. The Labute approximate surface area is 655 Å². The molecule has 0 aliphatic heterocycles. The van der Waals surface area contributed by atoms with Gasteiger partial charge in [-0.05, 0) is 171 Å². The number of para-hydroxylation sites is 4. The molecule has 16 aromatic rings. The number of aromatic hydroxyl groups is 7. The Morgan fingerprint density at radius 3 is 1.03 bits per heavy atom. The Balaban J connectivity index is 0.000000154. The Hall–Kier alpha value is -13.7. The molecule has 4 aromatic heterocycles. The van der Waals surface area contributed by atoms with E-state index in [9.17, 15) is 40.2 Å². The van der Waals surface area contributed by atoms with Crippen LogP contribution < -0.4 is 16.9 Å². The predicted molar refractivity (Wildman–Crippen MR) is 439 cm³/mol. The van der Waals surface area contributed by atoms with Crippen LogP contribution in [0.5, 0.6) is 40.2 Å². The fourth-order valence-electron chi connectivity index (χ4n) is 11.0. The van der Waals surface area contributed by atoms with Gasteiger partial charge in [-0.3, -0.25) is 19.6 Å². The summed E-state index contributed by atoms with van der Waals surface area (Å²) in [5, 5.41) is 92.9. The number of hydrogen-bond acceptors (Lipinski definition) is 19. The zero-order chi connectivity index (χ0) is 77.0. The first-order valence-corrected chi connectivity index (χ1v) is 34.4. The summed E-state index contributed by atoms with van der Waals surface area (Å²) < 4.78 is 0.687. The van der Waals surface area contributed by atoms with Crippen LogP contribution >= 0.6 is 15.9 Å². The van der Waals surface area contributed by atoms with Crippen molar-refractivity contribution in [1.29, 1.82) is 0 Å². The van der Waals surface area contributed by atoms with E-state index in [2.05, 4.69) is 58.0 Å². The van der Waals surface area contributed by atoms with E-state index in [0.717, 1.165) is 32.6 Å². The molecule has 16 rings (SSSR count). The molecule has 0 saturated heterocycles. The summed E-state index contributed by atoms with van der Waals surface area (Å²) in [7, 11) is -1.60. The van der Waals surface area contributed by atoms with Crippen molar-refractivity contribution in [2.75, 3.05) is 11.5 Å². The first-order valence-electron chi connectivity index (χ1n) is 33.6. The van der Waals surface area contributed by atoms with E-state index in [1.807, 2.05) is 176 Å². The molecule has 0 fully saturated rings. The number of benzene rings is 12. The molecular weight excluding hydrogens is 1630 g/mol. The molecule has 0 aliphatic carbocycles. The van der Waals surface area contributed by atoms with Crippen LogP contribution in [0.1, 0.15) is 32.4 Å². The number of anilines is 2. The smallest absolute Gasteiger partial charge is 0.492 e. The number of carbonyl (C=O) groups excluding carboxylic acids is 2. The van der Waals surface area contributed by atoms with Gasteiger partial charge in [0.05, 0.1) is 52.3 Å². The van der Waals surface area contributed by atoms with Gasteiger partial charge in [-0.1, -0.05) is 188 Å². The number of aldehydes is 2. The van der Waals surface area contributed by atoms with Gasteiger partial charge in [-0.15, -0.1) is 0 Å². The molecule has 0 unspecified atom stereocenters. The Morgan fingerprint density at radius 1 is 0.309 bits per heavy atom. The van der Waals surface area contributed by atoms with Crippen molar-refractivity contribution < 1.29 is 76.4 Å². The maximum atomic E-state index is 10.5. The van der Waals surface area contributed by atoms with Crippen LogP contribution in [0, 0.1) is 0 Å². The third kappa shape index (κ3) is 22.0. The average molecular weight is 1700 g/mol. The standard InChI is InChI=1S/2C22H16N2O2.C12H9NO2.C10H9NO.C10H9N.C6H7BO3.C6H4BrNO.Pt/c2*25-20-12-2-1-9-17(20)18-10-5-8-16(24-18)14-23-19-11-3-6-15-7-4-13-21(26)22(15)19;14-8-9-4-3-6-11(13-9)10-5-1-2-7-12(10)15;11-8-5-1-3-7-4-2-6-9(12)10(7)8;11-10-7-3-5-8-4-1-2-6-9(8)10;8-6-4-2-1-3-5(6)7(9)10;7-6-3-1-2-5(4-9)8-6;/h2*1-14,25-26H;1-8,15H;1-6,12H,11H2;1-7H,11H2;1-4,8-10H;1-4H;. The fourth-order valence-corrected chi connectivity index (χ4v) is 11.3. The molecule has 0 saturated carbocycles. The van der Waals surface area contributed by atoms with Crippen molar-refractivity contribution >= 4 is 119 Å². The maximum Gasteiger partial charge on any atom is 0.492 e. The number of halogens is 1. The Kier molecular flexibility index (Phi) is 29.4. The van der Waals surface area contributed by atoms with Crippen molar-refractivity contribution in [3.8, 4) is 74.0 Å². The minimum absolute atomic E-state index is 0. The number of nitrogens with two attached hydrogens (primary N) is 2. The van der Waals surface area contributed by atoms with Crippen molar-refractivity contribution in [3.05, 3.63) is 349 Å². The average Bonchev–Trinajstić information content (AvgIpc) is 0.807. The quantitative estimate of drug-likeness (QED) is 0.0199. The van der Waals surface area contributed by atoms with Crippen molar-refractivity contribution in [1.82, 2.24) is 19.9 Å². The minimum atomic E-state index is -1.60. The van der Waals surface area contributed by atoms with E-state index >= 15 is 0 Å². The third-order valence-electron chi connectivity index (χ3n) is 16.2. The van der Waals surface area contributed by atoms with Gasteiger partial charge < -0.3 is 57.3 Å². The van der Waals surface area contributed by atoms with Gasteiger partial charge in [0.1, 0.15) is 56.2 Å².